The van der Waals surface area contributed by atoms with Crippen LogP contribution >= 0.6 is 15.9 Å². The standard InChI is InChI=1S/C17H24BrN3O2/c1-3-5-7-14-16(22)20(10-6-4-2)17(23)21(14)12-13-8-9-15(18)19-11-13/h8-9,11,14H,3-7,10,12H2,1-2H3/t14-/m0/s1. The minimum atomic E-state index is -0.331. The van der Waals surface area contributed by atoms with E-state index in [2.05, 4.69) is 34.8 Å². The first-order valence-corrected chi connectivity index (χ1v) is 9.10. The molecule has 5 nitrogen and oxygen atoms in total. The summed E-state index contributed by atoms with van der Waals surface area (Å²) in [6, 6.07) is 3.30. The summed E-state index contributed by atoms with van der Waals surface area (Å²) < 4.78 is 0.761. The van der Waals surface area contributed by atoms with Crippen LogP contribution in [0.4, 0.5) is 4.79 Å². The Morgan fingerprint density at radius 1 is 1.17 bits per heavy atom. The van der Waals surface area contributed by atoms with Crippen LogP contribution in [-0.4, -0.2) is 39.3 Å². The van der Waals surface area contributed by atoms with E-state index in [0.717, 1.165) is 42.3 Å². The third kappa shape index (κ3) is 4.31. The van der Waals surface area contributed by atoms with Crippen molar-refractivity contribution < 1.29 is 9.59 Å². The Hall–Kier alpha value is -1.43. The lowest BCUT2D eigenvalue weighted by Crippen LogP contribution is -2.34. The zero-order chi connectivity index (χ0) is 16.8. The molecule has 1 aliphatic rings. The molecule has 2 heterocycles. The van der Waals surface area contributed by atoms with Gasteiger partial charge in [0.2, 0.25) is 0 Å². The minimum absolute atomic E-state index is 0.0398. The summed E-state index contributed by atoms with van der Waals surface area (Å²) in [5, 5.41) is 0. The number of imide groups is 1. The summed E-state index contributed by atoms with van der Waals surface area (Å²) in [6.45, 7) is 5.11. The monoisotopic (exact) mass is 381 g/mol. The molecule has 1 saturated heterocycles. The van der Waals surface area contributed by atoms with Crippen LogP contribution in [0.2, 0.25) is 0 Å². The van der Waals surface area contributed by atoms with Crippen LogP contribution in [0.15, 0.2) is 22.9 Å². The lowest BCUT2D eigenvalue weighted by molar-refractivity contribution is -0.128. The topological polar surface area (TPSA) is 53.5 Å². The maximum absolute atomic E-state index is 12.7. The number of hydrogen-bond donors (Lipinski definition) is 0. The first kappa shape index (κ1) is 17.9. The Morgan fingerprint density at radius 3 is 2.52 bits per heavy atom. The SMILES string of the molecule is CCCC[C@H]1C(=O)N(CCCC)C(=O)N1Cc1ccc(Br)nc1. The maximum atomic E-state index is 12.7. The number of halogens is 1. The molecule has 1 aliphatic heterocycles. The van der Waals surface area contributed by atoms with Gasteiger partial charge >= 0.3 is 6.03 Å². The second-order valence-corrected chi connectivity index (χ2v) is 6.71. The van der Waals surface area contributed by atoms with E-state index in [-0.39, 0.29) is 18.0 Å². The fourth-order valence-corrected chi connectivity index (χ4v) is 3.00. The lowest BCUT2D eigenvalue weighted by Gasteiger charge is -2.21. The van der Waals surface area contributed by atoms with Crippen molar-refractivity contribution in [1.29, 1.82) is 0 Å². The van der Waals surface area contributed by atoms with Crippen molar-refractivity contribution in [2.24, 2.45) is 0 Å². The molecule has 1 aromatic heterocycles. The normalized spacial score (nSPS) is 18.1. The molecular formula is C17H24BrN3O2. The average molecular weight is 382 g/mol. The highest BCUT2D eigenvalue weighted by Gasteiger charge is 2.43. The molecule has 0 radical (unpaired) electrons. The molecule has 0 aliphatic carbocycles. The smallest absolute Gasteiger partial charge is 0.308 e. The number of pyridine rings is 1. The van der Waals surface area contributed by atoms with Gasteiger partial charge in [-0.05, 0) is 40.4 Å². The molecular weight excluding hydrogens is 358 g/mol. The summed E-state index contributed by atoms with van der Waals surface area (Å²) >= 11 is 3.31. The summed E-state index contributed by atoms with van der Waals surface area (Å²) in [5.74, 6) is -0.0398. The fraction of sp³-hybridized carbons (Fsp3) is 0.588. The van der Waals surface area contributed by atoms with Crippen LogP contribution in [0.3, 0.4) is 0 Å². The van der Waals surface area contributed by atoms with Crippen molar-refractivity contribution in [1.82, 2.24) is 14.8 Å². The number of amides is 3. The van der Waals surface area contributed by atoms with Crippen molar-refractivity contribution in [3.8, 4) is 0 Å². The summed E-state index contributed by atoms with van der Waals surface area (Å²) in [7, 11) is 0. The van der Waals surface area contributed by atoms with E-state index in [9.17, 15) is 9.59 Å². The minimum Gasteiger partial charge on any atom is -0.308 e. The molecule has 0 N–H and O–H groups in total. The highest BCUT2D eigenvalue weighted by molar-refractivity contribution is 9.10. The summed E-state index contributed by atoms with van der Waals surface area (Å²) in [5.41, 5.74) is 0.938. The van der Waals surface area contributed by atoms with E-state index in [4.69, 9.17) is 0 Å². The van der Waals surface area contributed by atoms with Crippen LogP contribution in [-0.2, 0) is 11.3 Å². The number of aromatic nitrogens is 1. The molecule has 0 unspecified atom stereocenters. The van der Waals surface area contributed by atoms with Crippen molar-refractivity contribution in [3.63, 3.8) is 0 Å². The van der Waals surface area contributed by atoms with E-state index in [1.165, 1.54) is 4.90 Å². The van der Waals surface area contributed by atoms with E-state index in [1.54, 1.807) is 11.1 Å². The molecule has 2 rings (SSSR count). The largest absolute Gasteiger partial charge is 0.327 e. The van der Waals surface area contributed by atoms with E-state index < -0.39 is 0 Å². The number of carbonyl (C=O) groups is 2. The van der Waals surface area contributed by atoms with E-state index >= 15 is 0 Å². The Balaban J connectivity index is 2.16. The first-order valence-electron chi connectivity index (χ1n) is 8.30. The van der Waals surface area contributed by atoms with Crippen molar-refractivity contribution in [2.45, 2.75) is 58.5 Å². The molecule has 1 atom stereocenters. The molecule has 126 valence electrons. The summed E-state index contributed by atoms with van der Waals surface area (Å²) in [4.78, 5) is 32.6. The van der Waals surface area contributed by atoms with Gasteiger partial charge in [0.1, 0.15) is 10.6 Å². The zero-order valence-electron chi connectivity index (χ0n) is 13.8. The summed E-state index contributed by atoms with van der Waals surface area (Å²) in [6.07, 6.45) is 6.25. The Labute approximate surface area is 146 Å². The van der Waals surface area contributed by atoms with Gasteiger partial charge in [-0.3, -0.25) is 9.69 Å². The third-order valence-corrected chi connectivity index (χ3v) is 4.58. The Bertz CT molecular complexity index is 547. The van der Waals surface area contributed by atoms with Gasteiger partial charge in [0.25, 0.3) is 5.91 Å². The zero-order valence-corrected chi connectivity index (χ0v) is 15.4. The van der Waals surface area contributed by atoms with E-state index in [0.29, 0.717) is 13.1 Å². The molecule has 0 spiro atoms. The van der Waals surface area contributed by atoms with Gasteiger partial charge in [-0.15, -0.1) is 0 Å². The molecule has 1 aromatic rings. The quantitative estimate of drug-likeness (QED) is 0.505. The fourth-order valence-electron chi connectivity index (χ4n) is 2.77. The number of urea groups is 1. The second kappa shape index (κ2) is 8.43. The molecule has 0 saturated carbocycles. The Kier molecular flexibility index (Phi) is 6.57. The number of unbranched alkanes of at least 4 members (excludes halogenated alkanes) is 2. The molecule has 6 heteroatoms. The van der Waals surface area contributed by atoms with Crippen LogP contribution < -0.4 is 0 Å². The predicted molar refractivity (Wildman–Crippen MR) is 92.8 cm³/mol. The molecule has 0 aromatic carbocycles. The number of rotatable bonds is 8. The second-order valence-electron chi connectivity index (χ2n) is 5.90. The van der Waals surface area contributed by atoms with Gasteiger partial charge in [-0.1, -0.05) is 39.2 Å². The molecule has 23 heavy (non-hydrogen) atoms. The van der Waals surface area contributed by atoms with Crippen LogP contribution in [0, 0.1) is 0 Å². The van der Waals surface area contributed by atoms with Crippen molar-refractivity contribution >= 4 is 27.9 Å². The predicted octanol–water partition coefficient (Wildman–Crippen LogP) is 3.97. The van der Waals surface area contributed by atoms with Crippen LogP contribution in [0.5, 0.6) is 0 Å². The number of hydrogen-bond acceptors (Lipinski definition) is 3. The average Bonchev–Trinajstić information content (AvgIpc) is 2.76. The van der Waals surface area contributed by atoms with Crippen molar-refractivity contribution in [2.75, 3.05) is 6.54 Å². The van der Waals surface area contributed by atoms with Crippen LogP contribution in [0.1, 0.15) is 51.5 Å². The number of carbonyl (C=O) groups excluding carboxylic acids is 2. The molecule has 0 bridgehead atoms. The van der Waals surface area contributed by atoms with Gasteiger partial charge in [0.15, 0.2) is 0 Å². The van der Waals surface area contributed by atoms with Gasteiger partial charge in [0.05, 0.1) is 0 Å². The molecule has 3 amide bonds. The molecule has 1 fully saturated rings. The van der Waals surface area contributed by atoms with E-state index in [1.807, 2.05) is 12.1 Å². The first-order chi connectivity index (χ1) is 11.1. The van der Waals surface area contributed by atoms with Gasteiger partial charge in [0, 0.05) is 19.3 Å². The van der Waals surface area contributed by atoms with Crippen molar-refractivity contribution in [3.05, 3.63) is 28.5 Å². The highest BCUT2D eigenvalue weighted by atomic mass is 79.9. The van der Waals surface area contributed by atoms with Gasteiger partial charge in [-0.2, -0.15) is 0 Å². The van der Waals surface area contributed by atoms with Gasteiger partial charge in [-0.25, -0.2) is 9.78 Å². The maximum Gasteiger partial charge on any atom is 0.327 e. The lowest BCUT2D eigenvalue weighted by atomic mass is 10.1. The third-order valence-electron chi connectivity index (χ3n) is 4.11. The Morgan fingerprint density at radius 2 is 1.91 bits per heavy atom. The highest BCUT2D eigenvalue weighted by Crippen LogP contribution is 2.25. The van der Waals surface area contributed by atoms with Gasteiger partial charge < -0.3 is 4.90 Å². The van der Waals surface area contributed by atoms with Crippen LogP contribution in [0.25, 0.3) is 0 Å². The number of nitrogens with zero attached hydrogens (tertiary/aromatic N) is 3.